The van der Waals surface area contributed by atoms with Gasteiger partial charge in [-0.15, -0.1) is 0 Å². The maximum Gasteiger partial charge on any atom is 0.417 e. The first-order valence-electron chi connectivity index (χ1n) is 3.94. The van der Waals surface area contributed by atoms with Gasteiger partial charge in [-0.2, -0.15) is 13.2 Å². The zero-order chi connectivity index (χ0) is 13.4. The number of pyridine rings is 1. The normalized spacial score (nSPS) is 11.9. The van der Waals surface area contributed by atoms with Crippen LogP contribution in [0.25, 0.3) is 0 Å². The molecule has 0 aliphatic rings. The third-order valence-electron chi connectivity index (χ3n) is 1.79. The molecule has 1 rings (SSSR count). The molecule has 1 aromatic rings. The second-order valence-electron chi connectivity index (χ2n) is 2.88. The minimum absolute atomic E-state index is 0.0716. The highest BCUT2D eigenvalue weighted by Gasteiger charge is 2.40. The van der Waals surface area contributed by atoms with E-state index < -0.39 is 40.3 Å². The van der Waals surface area contributed by atoms with Crippen LogP contribution < -0.4 is 5.73 Å². The molecule has 0 amide bonds. The lowest BCUT2D eigenvalue weighted by molar-refractivity contribution is -0.389. The number of hydrogen-bond donors (Lipinski definition) is 1. The Balaban J connectivity index is 3.57. The number of nitrogens with zero attached hydrogens (tertiary/aromatic N) is 2. The largest absolute Gasteiger partial charge is 0.417 e. The van der Waals surface area contributed by atoms with Crippen molar-refractivity contribution in [2.45, 2.75) is 12.6 Å². The molecule has 17 heavy (non-hydrogen) atoms. The standard InChI is InChI=1S/C7H4F5N3O2/c8-5(9)4-2(7(10,11)12)1-3(15(16)17)14-6(4)13/h1,5H,(H2,13,14). The number of nitrogen functional groups attached to an aromatic ring is 1. The van der Waals surface area contributed by atoms with Crippen LogP contribution in [0.3, 0.4) is 0 Å². The van der Waals surface area contributed by atoms with Crippen molar-refractivity contribution in [3.63, 3.8) is 0 Å². The quantitative estimate of drug-likeness (QED) is 0.501. The van der Waals surface area contributed by atoms with E-state index in [0.29, 0.717) is 0 Å². The van der Waals surface area contributed by atoms with Gasteiger partial charge in [0.25, 0.3) is 6.43 Å². The molecule has 0 spiro atoms. The number of rotatable bonds is 2. The second kappa shape index (κ2) is 4.11. The van der Waals surface area contributed by atoms with E-state index in [1.54, 1.807) is 0 Å². The molecule has 1 heterocycles. The van der Waals surface area contributed by atoms with E-state index in [9.17, 15) is 32.1 Å². The predicted molar refractivity (Wildman–Crippen MR) is 45.3 cm³/mol. The maximum absolute atomic E-state index is 12.4. The van der Waals surface area contributed by atoms with Crippen LogP contribution in [0, 0.1) is 10.1 Å². The molecule has 0 saturated carbocycles. The Kier molecular flexibility index (Phi) is 3.16. The molecular weight excluding hydrogens is 253 g/mol. The van der Waals surface area contributed by atoms with Gasteiger partial charge in [0.15, 0.2) is 0 Å². The minimum Gasteiger partial charge on any atom is -0.362 e. The summed E-state index contributed by atoms with van der Waals surface area (Å²) in [5, 5.41) is 10.2. The number of aromatic nitrogens is 1. The summed E-state index contributed by atoms with van der Waals surface area (Å²) in [6.07, 6.45) is -8.70. The van der Waals surface area contributed by atoms with Crippen molar-refractivity contribution >= 4 is 11.6 Å². The molecule has 2 N–H and O–H groups in total. The highest BCUT2D eigenvalue weighted by atomic mass is 19.4. The molecular formula is C7H4F5N3O2. The molecule has 0 atom stereocenters. The summed E-state index contributed by atoms with van der Waals surface area (Å²) in [7, 11) is 0. The molecule has 1 aromatic heterocycles. The van der Waals surface area contributed by atoms with E-state index >= 15 is 0 Å². The zero-order valence-corrected chi connectivity index (χ0v) is 7.83. The van der Waals surface area contributed by atoms with Gasteiger partial charge in [-0.05, 0) is 9.91 Å². The topological polar surface area (TPSA) is 82.0 Å². The first-order chi connectivity index (χ1) is 7.64. The van der Waals surface area contributed by atoms with Crippen molar-refractivity contribution in [2.24, 2.45) is 0 Å². The molecule has 0 aromatic carbocycles. The Hall–Kier alpha value is -2.00. The number of halogens is 5. The average molecular weight is 257 g/mol. The van der Waals surface area contributed by atoms with Crippen LogP contribution in [-0.4, -0.2) is 9.91 Å². The third kappa shape index (κ3) is 2.57. The highest BCUT2D eigenvalue weighted by Crippen LogP contribution is 2.39. The molecule has 0 unspecified atom stereocenters. The number of alkyl halides is 5. The van der Waals surface area contributed by atoms with Crippen molar-refractivity contribution in [1.82, 2.24) is 4.98 Å². The summed E-state index contributed by atoms with van der Waals surface area (Å²) >= 11 is 0. The van der Waals surface area contributed by atoms with E-state index in [2.05, 4.69) is 4.98 Å². The SMILES string of the molecule is Nc1nc([N+](=O)[O-])cc(C(F)(F)F)c1C(F)F. The van der Waals surface area contributed by atoms with Gasteiger partial charge in [-0.3, -0.25) is 0 Å². The molecule has 0 fully saturated rings. The van der Waals surface area contributed by atoms with E-state index in [1.165, 1.54) is 0 Å². The van der Waals surface area contributed by atoms with Crippen LogP contribution in [0.15, 0.2) is 6.07 Å². The van der Waals surface area contributed by atoms with Crippen molar-refractivity contribution in [3.8, 4) is 0 Å². The molecule has 0 radical (unpaired) electrons. The Bertz CT molecular complexity index is 460. The lowest BCUT2D eigenvalue weighted by Gasteiger charge is -2.11. The van der Waals surface area contributed by atoms with Gasteiger partial charge in [-0.1, -0.05) is 0 Å². The Morgan fingerprint density at radius 3 is 2.29 bits per heavy atom. The Labute approximate surface area is 90.2 Å². The summed E-state index contributed by atoms with van der Waals surface area (Å²) in [5.41, 5.74) is 1.45. The molecule has 0 aliphatic carbocycles. The number of anilines is 1. The molecule has 5 nitrogen and oxygen atoms in total. The third-order valence-corrected chi connectivity index (χ3v) is 1.79. The molecule has 10 heteroatoms. The van der Waals surface area contributed by atoms with Crippen LogP contribution in [0.1, 0.15) is 17.6 Å². The van der Waals surface area contributed by atoms with Crippen molar-refractivity contribution in [2.75, 3.05) is 5.73 Å². The van der Waals surface area contributed by atoms with Crippen molar-refractivity contribution < 1.29 is 26.9 Å². The van der Waals surface area contributed by atoms with Gasteiger partial charge in [0.2, 0.25) is 5.82 Å². The second-order valence-corrected chi connectivity index (χ2v) is 2.88. The van der Waals surface area contributed by atoms with E-state index in [-0.39, 0.29) is 6.07 Å². The Morgan fingerprint density at radius 2 is 1.94 bits per heavy atom. The first-order valence-corrected chi connectivity index (χ1v) is 3.94. The number of nitrogens with two attached hydrogens (primary N) is 1. The average Bonchev–Trinajstić information content (AvgIpc) is 2.14. The van der Waals surface area contributed by atoms with E-state index in [4.69, 9.17) is 5.73 Å². The van der Waals surface area contributed by atoms with Gasteiger partial charge in [0, 0.05) is 6.07 Å². The fourth-order valence-electron chi connectivity index (χ4n) is 1.12. The molecule has 0 bridgehead atoms. The lowest BCUT2D eigenvalue weighted by Crippen LogP contribution is -2.14. The lowest BCUT2D eigenvalue weighted by atomic mass is 10.1. The number of hydrogen-bond acceptors (Lipinski definition) is 4. The van der Waals surface area contributed by atoms with Crippen molar-refractivity contribution in [1.29, 1.82) is 0 Å². The fourth-order valence-corrected chi connectivity index (χ4v) is 1.12. The van der Waals surface area contributed by atoms with E-state index in [1.807, 2.05) is 0 Å². The van der Waals surface area contributed by atoms with Crippen LogP contribution in [0.5, 0.6) is 0 Å². The summed E-state index contributed by atoms with van der Waals surface area (Å²) < 4.78 is 61.9. The predicted octanol–water partition coefficient (Wildman–Crippen LogP) is 2.53. The van der Waals surface area contributed by atoms with Gasteiger partial charge < -0.3 is 15.8 Å². The van der Waals surface area contributed by atoms with Gasteiger partial charge in [0.1, 0.15) is 0 Å². The zero-order valence-electron chi connectivity index (χ0n) is 7.83. The van der Waals surface area contributed by atoms with Crippen molar-refractivity contribution in [3.05, 3.63) is 27.3 Å². The van der Waals surface area contributed by atoms with Crippen LogP contribution in [0.2, 0.25) is 0 Å². The van der Waals surface area contributed by atoms with Crippen LogP contribution in [-0.2, 0) is 6.18 Å². The Morgan fingerprint density at radius 1 is 1.41 bits per heavy atom. The van der Waals surface area contributed by atoms with Crippen LogP contribution >= 0.6 is 0 Å². The summed E-state index contributed by atoms with van der Waals surface area (Å²) in [5.74, 6) is -2.44. The molecule has 0 aliphatic heterocycles. The molecule has 94 valence electrons. The fraction of sp³-hybridized carbons (Fsp3) is 0.286. The number of nitro groups is 1. The maximum atomic E-state index is 12.4. The smallest absolute Gasteiger partial charge is 0.362 e. The minimum atomic E-state index is -5.17. The highest BCUT2D eigenvalue weighted by molar-refractivity contribution is 5.51. The van der Waals surface area contributed by atoms with E-state index in [0.717, 1.165) is 0 Å². The monoisotopic (exact) mass is 257 g/mol. The molecule has 0 saturated heterocycles. The van der Waals surface area contributed by atoms with Gasteiger partial charge in [0.05, 0.1) is 11.1 Å². The first kappa shape index (κ1) is 13.1. The van der Waals surface area contributed by atoms with Crippen LogP contribution in [0.4, 0.5) is 33.6 Å². The summed E-state index contributed by atoms with van der Waals surface area (Å²) in [4.78, 5) is 11.9. The van der Waals surface area contributed by atoms with Gasteiger partial charge in [-0.25, -0.2) is 8.78 Å². The van der Waals surface area contributed by atoms with Gasteiger partial charge >= 0.3 is 12.0 Å². The summed E-state index contributed by atoms with van der Waals surface area (Å²) in [6.45, 7) is 0. The summed E-state index contributed by atoms with van der Waals surface area (Å²) in [6, 6.07) is -0.0716.